The molecule has 1 aromatic carbocycles. The third-order valence-corrected chi connectivity index (χ3v) is 4.29. The Morgan fingerprint density at radius 1 is 1.12 bits per heavy atom. The molecular weight excluding hydrogens is 330 g/mol. The molecule has 1 saturated carbocycles. The second-order valence-electron chi connectivity index (χ2n) is 6.56. The van der Waals surface area contributed by atoms with Gasteiger partial charge >= 0.3 is 6.09 Å². The summed E-state index contributed by atoms with van der Waals surface area (Å²) in [6.45, 7) is 2.81. The highest BCUT2D eigenvalue weighted by Gasteiger charge is 2.40. The molecule has 0 unspecified atom stereocenters. The number of amides is 1. The molecule has 9 nitrogen and oxygen atoms in total. The van der Waals surface area contributed by atoms with Crippen LogP contribution in [0.4, 0.5) is 16.2 Å². The van der Waals surface area contributed by atoms with Crippen molar-refractivity contribution in [3.05, 3.63) is 44.0 Å². The molecular formula is C16H21N3O6. The summed E-state index contributed by atoms with van der Waals surface area (Å²) in [7, 11) is 0. The molecule has 0 aliphatic heterocycles. The highest BCUT2D eigenvalue weighted by molar-refractivity contribution is 5.69. The molecule has 25 heavy (non-hydrogen) atoms. The number of hydrogen-bond donors (Lipinski definition) is 1. The van der Waals surface area contributed by atoms with E-state index in [1.165, 1.54) is 19.9 Å². The lowest BCUT2D eigenvalue weighted by Gasteiger charge is -2.28. The fourth-order valence-electron chi connectivity index (χ4n) is 3.18. The monoisotopic (exact) mass is 351 g/mol. The van der Waals surface area contributed by atoms with E-state index < -0.39 is 32.9 Å². The fraction of sp³-hybridized carbons (Fsp3) is 0.562. The van der Waals surface area contributed by atoms with Gasteiger partial charge in [0.25, 0.3) is 11.4 Å². The minimum atomic E-state index is -1.54. The van der Waals surface area contributed by atoms with Gasteiger partial charge in [0.1, 0.15) is 11.2 Å². The van der Waals surface area contributed by atoms with Gasteiger partial charge in [-0.1, -0.05) is 19.3 Å². The van der Waals surface area contributed by atoms with E-state index in [1.807, 2.05) is 0 Å². The Balaban J connectivity index is 2.27. The van der Waals surface area contributed by atoms with Crippen LogP contribution in [-0.4, -0.2) is 22.0 Å². The summed E-state index contributed by atoms with van der Waals surface area (Å²) in [5.41, 5.74) is -2.68. The van der Waals surface area contributed by atoms with Crippen LogP contribution in [0.3, 0.4) is 0 Å². The average molecular weight is 351 g/mol. The van der Waals surface area contributed by atoms with Crippen LogP contribution in [0.5, 0.6) is 0 Å². The first-order valence-electron chi connectivity index (χ1n) is 8.14. The van der Waals surface area contributed by atoms with Crippen molar-refractivity contribution >= 4 is 17.5 Å². The molecule has 0 radical (unpaired) electrons. The molecule has 1 aliphatic rings. The Morgan fingerprint density at radius 2 is 1.64 bits per heavy atom. The van der Waals surface area contributed by atoms with Gasteiger partial charge < -0.3 is 10.1 Å². The van der Waals surface area contributed by atoms with E-state index in [9.17, 15) is 25.0 Å². The van der Waals surface area contributed by atoms with E-state index in [0.717, 1.165) is 44.2 Å². The Kier molecular flexibility index (Phi) is 5.55. The number of alkyl carbamates (subject to hydrolysis) is 1. The Bertz CT molecular complexity index is 650. The van der Waals surface area contributed by atoms with Gasteiger partial charge in [-0.3, -0.25) is 20.2 Å². The van der Waals surface area contributed by atoms with Gasteiger partial charge in [-0.2, -0.15) is 0 Å². The first-order chi connectivity index (χ1) is 11.7. The molecule has 0 spiro atoms. The van der Waals surface area contributed by atoms with Crippen molar-refractivity contribution in [3.63, 3.8) is 0 Å². The number of ether oxygens (including phenoxy) is 1. The molecule has 0 aromatic heterocycles. The standard InChI is InChI=1S/C16H21N3O6/c1-16(2,25-15(20)17-11-7-4-3-5-8-11)14-12(18(21)22)9-6-10-13(14)19(23)24/h6,9-11H,3-5,7-8H2,1-2H3,(H,17,20). The summed E-state index contributed by atoms with van der Waals surface area (Å²) in [5, 5.41) is 25.3. The highest BCUT2D eigenvalue weighted by Crippen LogP contribution is 2.39. The van der Waals surface area contributed by atoms with Gasteiger partial charge in [-0.25, -0.2) is 4.79 Å². The Hall–Kier alpha value is -2.71. The largest absolute Gasteiger partial charge is 0.438 e. The summed E-state index contributed by atoms with van der Waals surface area (Å²) >= 11 is 0. The van der Waals surface area contributed by atoms with Crippen molar-refractivity contribution in [2.45, 2.75) is 57.6 Å². The molecule has 1 aromatic rings. The summed E-state index contributed by atoms with van der Waals surface area (Å²) in [4.78, 5) is 33.3. The first kappa shape index (κ1) is 18.6. The van der Waals surface area contributed by atoms with Crippen LogP contribution in [0, 0.1) is 20.2 Å². The van der Waals surface area contributed by atoms with E-state index in [2.05, 4.69) is 5.32 Å². The number of carbonyl (C=O) groups is 1. The van der Waals surface area contributed by atoms with Crippen LogP contribution in [0.25, 0.3) is 0 Å². The molecule has 0 saturated heterocycles. The molecule has 0 heterocycles. The molecule has 0 atom stereocenters. The summed E-state index contributed by atoms with van der Waals surface area (Å²) < 4.78 is 5.35. The van der Waals surface area contributed by atoms with E-state index >= 15 is 0 Å². The molecule has 1 aliphatic carbocycles. The fourth-order valence-corrected chi connectivity index (χ4v) is 3.18. The number of rotatable bonds is 5. The molecule has 2 rings (SSSR count). The SMILES string of the molecule is CC(C)(OC(=O)NC1CCCCC1)c1c([N+](=O)[O-])cccc1[N+](=O)[O-]. The second-order valence-corrected chi connectivity index (χ2v) is 6.56. The van der Waals surface area contributed by atoms with E-state index in [4.69, 9.17) is 4.74 Å². The first-order valence-corrected chi connectivity index (χ1v) is 8.14. The van der Waals surface area contributed by atoms with Crippen LogP contribution < -0.4 is 5.32 Å². The van der Waals surface area contributed by atoms with Gasteiger partial charge in [0.15, 0.2) is 0 Å². The number of nitro benzene ring substituents is 2. The van der Waals surface area contributed by atoms with Gasteiger partial charge in [-0.05, 0) is 32.8 Å². The summed E-state index contributed by atoms with van der Waals surface area (Å²) in [6.07, 6.45) is 4.13. The predicted octanol–water partition coefficient (Wildman–Crippen LogP) is 3.80. The zero-order chi connectivity index (χ0) is 18.6. The zero-order valence-corrected chi connectivity index (χ0v) is 14.2. The number of carbonyl (C=O) groups excluding carboxylic acids is 1. The maximum absolute atomic E-state index is 12.2. The third-order valence-electron chi connectivity index (χ3n) is 4.29. The lowest BCUT2D eigenvalue weighted by molar-refractivity contribution is -0.397. The average Bonchev–Trinajstić information content (AvgIpc) is 2.54. The van der Waals surface area contributed by atoms with Crippen LogP contribution >= 0.6 is 0 Å². The summed E-state index contributed by atoms with van der Waals surface area (Å²) in [5.74, 6) is 0. The number of benzene rings is 1. The van der Waals surface area contributed by atoms with Crippen molar-refractivity contribution in [3.8, 4) is 0 Å². The van der Waals surface area contributed by atoms with Crippen molar-refractivity contribution in [2.75, 3.05) is 0 Å². The summed E-state index contributed by atoms with van der Waals surface area (Å²) in [6, 6.07) is 3.55. The van der Waals surface area contributed by atoms with Crippen LogP contribution in [0.2, 0.25) is 0 Å². The van der Waals surface area contributed by atoms with Crippen molar-refractivity contribution in [1.29, 1.82) is 0 Å². The number of nitrogens with one attached hydrogen (secondary N) is 1. The third kappa shape index (κ3) is 4.43. The van der Waals surface area contributed by atoms with Crippen molar-refractivity contribution in [1.82, 2.24) is 5.32 Å². The number of hydrogen-bond acceptors (Lipinski definition) is 6. The lowest BCUT2D eigenvalue weighted by Crippen LogP contribution is -2.40. The number of nitrogens with zero attached hydrogens (tertiary/aromatic N) is 2. The van der Waals surface area contributed by atoms with E-state index in [-0.39, 0.29) is 11.6 Å². The van der Waals surface area contributed by atoms with Gasteiger partial charge in [0.05, 0.1) is 9.85 Å². The molecule has 136 valence electrons. The predicted molar refractivity (Wildman–Crippen MR) is 89.3 cm³/mol. The van der Waals surface area contributed by atoms with Crippen LogP contribution in [-0.2, 0) is 10.3 Å². The maximum Gasteiger partial charge on any atom is 0.408 e. The molecule has 1 amide bonds. The van der Waals surface area contributed by atoms with Crippen LogP contribution in [0.1, 0.15) is 51.5 Å². The number of nitro groups is 2. The normalized spacial score (nSPS) is 15.4. The Labute approximate surface area is 144 Å². The van der Waals surface area contributed by atoms with Crippen LogP contribution in [0.15, 0.2) is 18.2 Å². The van der Waals surface area contributed by atoms with Crippen molar-refractivity contribution < 1.29 is 19.4 Å². The minimum absolute atomic E-state index is 0.00204. The smallest absolute Gasteiger partial charge is 0.408 e. The molecule has 1 fully saturated rings. The topological polar surface area (TPSA) is 125 Å². The maximum atomic E-state index is 12.2. The molecule has 9 heteroatoms. The quantitative estimate of drug-likeness (QED) is 0.635. The van der Waals surface area contributed by atoms with E-state index in [0.29, 0.717) is 0 Å². The van der Waals surface area contributed by atoms with Gasteiger partial charge in [0, 0.05) is 18.2 Å². The van der Waals surface area contributed by atoms with E-state index in [1.54, 1.807) is 0 Å². The Morgan fingerprint density at radius 3 is 2.12 bits per heavy atom. The van der Waals surface area contributed by atoms with Gasteiger partial charge in [0.2, 0.25) is 0 Å². The second kappa shape index (κ2) is 7.45. The molecule has 0 bridgehead atoms. The molecule has 1 N–H and O–H groups in total. The minimum Gasteiger partial charge on any atom is -0.438 e. The highest BCUT2D eigenvalue weighted by atomic mass is 16.6. The van der Waals surface area contributed by atoms with Gasteiger partial charge in [-0.15, -0.1) is 0 Å². The lowest BCUT2D eigenvalue weighted by atomic mass is 9.94. The van der Waals surface area contributed by atoms with Crippen molar-refractivity contribution in [2.24, 2.45) is 0 Å². The zero-order valence-electron chi connectivity index (χ0n) is 14.2.